The molecule has 0 rings (SSSR count). The second kappa shape index (κ2) is 13.3. The minimum absolute atomic E-state index is 0.206. The molecule has 0 spiro atoms. The lowest BCUT2D eigenvalue weighted by Gasteiger charge is -2.20. The van der Waals surface area contributed by atoms with Crippen molar-refractivity contribution >= 4 is 35.5 Å². The number of amides is 3. The highest BCUT2D eigenvalue weighted by molar-refractivity contribution is 7.98. The highest BCUT2D eigenvalue weighted by Crippen LogP contribution is 2.03. The van der Waals surface area contributed by atoms with Crippen molar-refractivity contribution in [2.45, 2.75) is 44.8 Å². The van der Waals surface area contributed by atoms with Crippen LogP contribution in [0, 0.1) is 5.92 Å². The number of hydrogen-bond donors (Lipinski definition) is 6. The lowest BCUT2D eigenvalue weighted by molar-refractivity contribution is -0.142. The Labute approximate surface area is 163 Å². The monoisotopic (exact) mass is 406 g/mol. The van der Waals surface area contributed by atoms with E-state index in [4.69, 9.17) is 10.8 Å². The first-order chi connectivity index (χ1) is 12.6. The molecule has 7 N–H and O–H groups in total. The third kappa shape index (κ3) is 10.8. The molecule has 0 aromatic carbocycles. The van der Waals surface area contributed by atoms with Gasteiger partial charge in [-0.1, -0.05) is 13.8 Å². The molecule has 27 heavy (non-hydrogen) atoms. The molecule has 0 saturated heterocycles. The van der Waals surface area contributed by atoms with E-state index in [9.17, 15) is 24.3 Å². The first-order valence-corrected chi connectivity index (χ1v) is 9.97. The van der Waals surface area contributed by atoms with Gasteiger partial charge in [-0.25, -0.2) is 4.79 Å². The van der Waals surface area contributed by atoms with E-state index in [-0.39, 0.29) is 12.3 Å². The van der Waals surface area contributed by atoms with Crippen molar-refractivity contribution in [2.75, 3.05) is 25.2 Å². The molecule has 3 amide bonds. The Hall–Kier alpha value is -1.85. The van der Waals surface area contributed by atoms with Crippen molar-refractivity contribution < 1.29 is 29.4 Å². The molecule has 0 heterocycles. The van der Waals surface area contributed by atoms with Crippen LogP contribution in [-0.4, -0.2) is 77.2 Å². The molecule has 0 saturated carbocycles. The zero-order chi connectivity index (χ0) is 21.0. The minimum Gasteiger partial charge on any atom is -0.480 e. The maximum atomic E-state index is 12.1. The van der Waals surface area contributed by atoms with Crippen molar-refractivity contribution in [1.29, 1.82) is 0 Å². The van der Waals surface area contributed by atoms with Gasteiger partial charge in [-0.2, -0.15) is 11.8 Å². The Morgan fingerprint density at radius 1 is 1.07 bits per heavy atom. The number of aliphatic hydroxyl groups is 1. The normalized spacial score (nSPS) is 14.1. The average molecular weight is 407 g/mol. The maximum absolute atomic E-state index is 12.1. The van der Waals surface area contributed by atoms with Crippen LogP contribution >= 0.6 is 11.8 Å². The topological polar surface area (TPSA) is 171 Å². The number of carboxylic acid groups (broad SMARTS) is 1. The van der Waals surface area contributed by atoms with Crippen molar-refractivity contribution in [3.63, 3.8) is 0 Å². The van der Waals surface area contributed by atoms with Crippen LogP contribution in [-0.2, 0) is 19.2 Å². The zero-order valence-corrected chi connectivity index (χ0v) is 16.7. The lowest BCUT2D eigenvalue weighted by Crippen LogP contribution is -2.55. The molecule has 0 aliphatic rings. The molecule has 0 bridgehead atoms. The quantitative estimate of drug-likeness (QED) is 0.210. The predicted octanol–water partition coefficient (Wildman–Crippen LogP) is -1.72. The molecule has 0 aliphatic heterocycles. The Morgan fingerprint density at radius 2 is 1.70 bits per heavy atom. The van der Waals surface area contributed by atoms with Gasteiger partial charge in [0, 0.05) is 0 Å². The first kappa shape index (κ1) is 25.1. The number of hydrogen-bond acceptors (Lipinski definition) is 7. The predicted molar refractivity (Wildman–Crippen MR) is 102 cm³/mol. The molecule has 0 aliphatic carbocycles. The van der Waals surface area contributed by atoms with E-state index in [1.807, 2.05) is 13.8 Å². The van der Waals surface area contributed by atoms with Gasteiger partial charge < -0.3 is 31.9 Å². The molecule has 0 aromatic rings. The van der Waals surface area contributed by atoms with E-state index >= 15 is 0 Å². The van der Waals surface area contributed by atoms with Crippen LogP contribution in [0.5, 0.6) is 0 Å². The van der Waals surface area contributed by atoms with E-state index in [1.54, 1.807) is 6.26 Å². The van der Waals surface area contributed by atoms with Gasteiger partial charge in [0.05, 0.1) is 19.2 Å². The smallest absolute Gasteiger partial charge is 0.326 e. The Bertz CT molecular complexity index is 517. The van der Waals surface area contributed by atoms with E-state index in [2.05, 4.69) is 16.0 Å². The molecule has 10 nitrogen and oxygen atoms in total. The summed E-state index contributed by atoms with van der Waals surface area (Å²) in [6, 6.07) is -3.19. The molecule has 156 valence electrons. The fourth-order valence-corrected chi connectivity index (χ4v) is 2.59. The van der Waals surface area contributed by atoms with Crippen LogP contribution in [0.2, 0.25) is 0 Å². The SMILES string of the molecule is CSCCC(NC(=O)C(CO)NC(=O)CNC(=O)C(N)CC(C)C)C(=O)O. The van der Waals surface area contributed by atoms with Gasteiger partial charge in [0.25, 0.3) is 0 Å². The van der Waals surface area contributed by atoms with Gasteiger partial charge >= 0.3 is 5.97 Å². The van der Waals surface area contributed by atoms with Crippen LogP contribution in [0.1, 0.15) is 26.7 Å². The van der Waals surface area contributed by atoms with E-state index in [0.717, 1.165) is 0 Å². The number of aliphatic hydroxyl groups excluding tert-OH is 1. The second-order valence-electron chi connectivity index (χ2n) is 6.44. The molecule has 0 radical (unpaired) electrons. The van der Waals surface area contributed by atoms with Crippen LogP contribution in [0.15, 0.2) is 0 Å². The summed E-state index contributed by atoms with van der Waals surface area (Å²) in [7, 11) is 0. The van der Waals surface area contributed by atoms with Crippen LogP contribution < -0.4 is 21.7 Å². The van der Waals surface area contributed by atoms with Crippen molar-refractivity contribution in [1.82, 2.24) is 16.0 Å². The molecule has 0 aromatic heterocycles. The second-order valence-corrected chi connectivity index (χ2v) is 7.42. The maximum Gasteiger partial charge on any atom is 0.326 e. The summed E-state index contributed by atoms with van der Waals surface area (Å²) in [6.07, 6.45) is 2.47. The number of carboxylic acids is 1. The summed E-state index contributed by atoms with van der Waals surface area (Å²) in [5, 5.41) is 25.3. The lowest BCUT2D eigenvalue weighted by atomic mass is 10.0. The van der Waals surface area contributed by atoms with Gasteiger partial charge in [-0.15, -0.1) is 0 Å². The van der Waals surface area contributed by atoms with E-state index in [1.165, 1.54) is 11.8 Å². The number of rotatable bonds is 13. The van der Waals surface area contributed by atoms with Crippen molar-refractivity contribution in [3.05, 3.63) is 0 Å². The van der Waals surface area contributed by atoms with Crippen LogP contribution in [0.25, 0.3) is 0 Å². The third-order valence-electron chi connectivity index (χ3n) is 3.54. The van der Waals surface area contributed by atoms with Crippen LogP contribution in [0.4, 0.5) is 0 Å². The fourth-order valence-electron chi connectivity index (χ4n) is 2.12. The van der Waals surface area contributed by atoms with Gasteiger partial charge in [0.15, 0.2) is 0 Å². The Balaban J connectivity index is 4.55. The summed E-state index contributed by atoms with van der Waals surface area (Å²) in [4.78, 5) is 46.9. The number of thioether (sulfide) groups is 1. The highest BCUT2D eigenvalue weighted by atomic mass is 32.2. The van der Waals surface area contributed by atoms with Crippen molar-refractivity contribution in [2.24, 2.45) is 11.7 Å². The first-order valence-electron chi connectivity index (χ1n) is 8.57. The number of aliphatic carboxylic acids is 1. The number of nitrogens with one attached hydrogen (secondary N) is 3. The molecule has 3 atom stereocenters. The Morgan fingerprint density at radius 3 is 2.19 bits per heavy atom. The van der Waals surface area contributed by atoms with Gasteiger partial charge in [0.2, 0.25) is 17.7 Å². The molecule has 11 heteroatoms. The highest BCUT2D eigenvalue weighted by Gasteiger charge is 2.26. The van der Waals surface area contributed by atoms with Crippen LogP contribution in [0.3, 0.4) is 0 Å². The number of nitrogens with two attached hydrogens (primary N) is 1. The fraction of sp³-hybridized carbons (Fsp3) is 0.750. The van der Waals surface area contributed by atoms with Gasteiger partial charge in [0.1, 0.15) is 12.1 Å². The summed E-state index contributed by atoms with van der Waals surface area (Å²) in [5.41, 5.74) is 5.70. The van der Waals surface area contributed by atoms with Crippen molar-refractivity contribution in [3.8, 4) is 0 Å². The largest absolute Gasteiger partial charge is 0.480 e. The standard InChI is InChI=1S/C16H30N4O6S/c1-9(2)6-10(17)14(23)18-7-13(22)19-12(8-21)15(24)20-11(16(25)26)4-5-27-3/h9-12,21H,4-8,17H2,1-3H3,(H,18,23)(H,19,22)(H,20,24)(H,25,26). The summed E-state index contributed by atoms with van der Waals surface area (Å²) in [6.45, 7) is 2.69. The Kier molecular flexibility index (Phi) is 12.4. The molecule has 3 unspecified atom stereocenters. The zero-order valence-electron chi connectivity index (χ0n) is 15.9. The summed E-state index contributed by atoms with van der Waals surface area (Å²) >= 11 is 1.43. The molecule has 0 fully saturated rings. The average Bonchev–Trinajstić information content (AvgIpc) is 2.59. The van der Waals surface area contributed by atoms with E-state index < -0.39 is 55.0 Å². The number of carbonyl (C=O) groups is 4. The molecular formula is C16H30N4O6S. The van der Waals surface area contributed by atoms with Gasteiger partial charge in [-0.3, -0.25) is 14.4 Å². The molecular weight excluding hydrogens is 376 g/mol. The summed E-state index contributed by atoms with van der Waals surface area (Å²) in [5.74, 6) is -2.47. The summed E-state index contributed by atoms with van der Waals surface area (Å²) < 4.78 is 0. The number of carbonyl (C=O) groups excluding carboxylic acids is 3. The van der Waals surface area contributed by atoms with E-state index in [0.29, 0.717) is 12.2 Å². The third-order valence-corrected chi connectivity index (χ3v) is 4.19. The van der Waals surface area contributed by atoms with Gasteiger partial charge in [-0.05, 0) is 30.8 Å². The minimum atomic E-state index is -1.32.